The van der Waals surface area contributed by atoms with Crippen LogP contribution < -0.4 is 0 Å². The lowest BCUT2D eigenvalue weighted by molar-refractivity contribution is 0.0697. The van der Waals surface area contributed by atoms with Crippen molar-refractivity contribution in [1.82, 2.24) is 9.13 Å². The molecule has 0 saturated carbocycles. The van der Waals surface area contributed by atoms with Crippen LogP contribution in [-0.2, 0) is 64.3 Å². The maximum absolute atomic E-state index is 5.83. The summed E-state index contributed by atoms with van der Waals surface area (Å²) in [5.74, 6) is 1.47. The first kappa shape index (κ1) is 55.6. The van der Waals surface area contributed by atoms with Gasteiger partial charge >= 0.3 is 26.4 Å². The molecule has 0 bridgehead atoms. The molecule has 0 radical (unpaired) electrons. The lowest BCUT2D eigenvalue weighted by Crippen LogP contribution is -2.46. The molecule has 0 aromatic carbocycles. The van der Waals surface area contributed by atoms with E-state index in [9.17, 15) is 0 Å². The van der Waals surface area contributed by atoms with Gasteiger partial charge in [0, 0.05) is 124 Å². The minimum Gasteiger partial charge on any atom is -0.467 e. The van der Waals surface area contributed by atoms with Gasteiger partial charge in [-0.2, -0.15) is 0 Å². The molecule has 0 N–H and O–H groups in total. The van der Waals surface area contributed by atoms with Gasteiger partial charge in [0.05, 0.1) is 6.26 Å². The first-order valence-corrected chi connectivity index (χ1v) is 27.7. The summed E-state index contributed by atoms with van der Waals surface area (Å²) in [5.41, 5.74) is 0. The average Bonchev–Trinajstić information content (AvgIpc) is 4.11. The molecule has 0 unspecified atom stereocenters. The predicted octanol–water partition coefficient (Wildman–Crippen LogP) is 10.1. The van der Waals surface area contributed by atoms with Crippen LogP contribution in [0.1, 0.15) is 79.9 Å². The molecule has 0 aliphatic heterocycles. The molecular weight excluding hydrogens is 817 g/mol. The Labute approximate surface area is 366 Å². The summed E-state index contributed by atoms with van der Waals surface area (Å²) in [5, 5.41) is 0. The largest absolute Gasteiger partial charge is 0.500 e. The normalized spacial score (nSPS) is 12.8. The Balaban J connectivity index is 0.000000410. The zero-order valence-electron chi connectivity index (χ0n) is 38.6. The Hall–Kier alpha value is -2.43. The molecule has 0 spiro atoms. The van der Waals surface area contributed by atoms with Crippen molar-refractivity contribution in [2.75, 3.05) is 67.6 Å². The standard InChI is InChI=1S/C14H26O3Si.C13H25NO3Si.C10H19NO3Si.C7H10O2/c2*1-4-15-18(16-5-2,17-6-3)13-9-12-14-10-7-8-11-14;1-12-15(13-2,14-3)10-6-9-11-7-4-5-8-11;1-2-8-6-7-4-3-5-9-7/h7-8,10-11,14H,4-6,9,12-13H2,1-3H3;7-8,10-11H,4-6,9,12-13H2,1-3H3;4-5,7-8H,6,9-10H2,1-3H3;3-5H,2,6H2,1H3. The fourth-order valence-electron chi connectivity index (χ4n) is 6.38. The van der Waals surface area contributed by atoms with E-state index in [1.807, 2.05) is 84.9 Å². The molecule has 16 heteroatoms. The van der Waals surface area contributed by atoms with Crippen molar-refractivity contribution in [3.63, 3.8) is 0 Å². The molecule has 60 heavy (non-hydrogen) atoms. The Kier molecular flexibility index (Phi) is 32.5. The van der Waals surface area contributed by atoms with Crippen molar-refractivity contribution in [2.45, 2.75) is 112 Å². The van der Waals surface area contributed by atoms with Crippen LogP contribution in [0.4, 0.5) is 0 Å². The molecule has 0 saturated heterocycles. The Morgan fingerprint density at radius 2 is 0.917 bits per heavy atom. The van der Waals surface area contributed by atoms with Crippen molar-refractivity contribution in [2.24, 2.45) is 5.92 Å². The molecule has 13 nitrogen and oxygen atoms in total. The number of furan rings is 1. The lowest BCUT2D eigenvalue weighted by Gasteiger charge is -2.28. The molecule has 3 aromatic heterocycles. The summed E-state index contributed by atoms with van der Waals surface area (Å²) in [6.45, 7) is 21.2. The van der Waals surface area contributed by atoms with Crippen molar-refractivity contribution in [1.29, 1.82) is 0 Å². The fraction of sp³-hybridized carbons (Fsp3) is 0.636. The van der Waals surface area contributed by atoms with E-state index >= 15 is 0 Å². The highest BCUT2D eigenvalue weighted by molar-refractivity contribution is 6.61. The SMILES string of the molecule is CCOCc1ccco1.CCO[Si](CCCC1C=CC=C1)(OCC)OCC.CCO[Si](CCCn1cccc1)(OCC)OCC.CO[Si](CCCn1cccc1)(OC)OC. The van der Waals surface area contributed by atoms with Gasteiger partial charge in [-0.15, -0.1) is 0 Å². The van der Waals surface area contributed by atoms with Crippen LogP contribution in [0.25, 0.3) is 0 Å². The zero-order chi connectivity index (χ0) is 44.2. The second-order valence-electron chi connectivity index (χ2n) is 13.4. The van der Waals surface area contributed by atoms with Gasteiger partial charge in [-0.05, 0) is 116 Å². The second-order valence-corrected chi connectivity index (χ2v) is 21.9. The lowest BCUT2D eigenvalue weighted by atomic mass is 10.1. The van der Waals surface area contributed by atoms with Crippen molar-refractivity contribution >= 4 is 26.4 Å². The van der Waals surface area contributed by atoms with Gasteiger partial charge < -0.3 is 58.1 Å². The smallest absolute Gasteiger partial charge is 0.467 e. The van der Waals surface area contributed by atoms with Crippen molar-refractivity contribution < 1.29 is 49.0 Å². The molecule has 1 aliphatic rings. The van der Waals surface area contributed by atoms with Crippen LogP contribution in [0.5, 0.6) is 0 Å². The number of hydrogen-bond donors (Lipinski definition) is 0. The summed E-state index contributed by atoms with van der Waals surface area (Å²) >= 11 is 0. The number of aryl methyl sites for hydroxylation is 2. The number of nitrogens with zero attached hydrogens (tertiary/aromatic N) is 2. The summed E-state index contributed by atoms with van der Waals surface area (Å²) < 4.78 is 65.4. The van der Waals surface area contributed by atoms with Gasteiger partial charge in [-0.3, -0.25) is 0 Å². The molecule has 0 atom stereocenters. The molecule has 0 fully saturated rings. The third-order valence-electron chi connectivity index (χ3n) is 9.13. The first-order chi connectivity index (χ1) is 29.2. The van der Waals surface area contributed by atoms with Crippen molar-refractivity contribution in [3.8, 4) is 0 Å². The predicted molar refractivity (Wildman–Crippen MR) is 246 cm³/mol. The van der Waals surface area contributed by atoms with E-state index in [2.05, 4.69) is 58.2 Å². The van der Waals surface area contributed by atoms with Gasteiger partial charge in [0.2, 0.25) is 0 Å². The number of hydrogen-bond acceptors (Lipinski definition) is 11. The highest BCUT2D eigenvalue weighted by Gasteiger charge is 2.40. The molecule has 3 aromatic rings. The number of aromatic nitrogens is 2. The average molecular weight is 897 g/mol. The quantitative estimate of drug-likeness (QED) is 0.0596. The topological polar surface area (TPSA) is 115 Å². The van der Waals surface area contributed by atoms with E-state index in [0.29, 0.717) is 52.2 Å². The maximum atomic E-state index is 5.83. The highest BCUT2D eigenvalue weighted by atomic mass is 28.4. The molecule has 0 amide bonds. The maximum Gasteiger partial charge on any atom is 0.500 e. The van der Waals surface area contributed by atoms with Crippen LogP contribution in [0, 0.1) is 5.92 Å². The molecule has 344 valence electrons. The van der Waals surface area contributed by atoms with Gasteiger partial charge in [-0.1, -0.05) is 24.3 Å². The van der Waals surface area contributed by atoms with Crippen LogP contribution >= 0.6 is 0 Å². The van der Waals surface area contributed by atoms with Gasteiger partial charge in [0.25, 0.3) is 0 Å². The summed E-state index contributed by atoms with van der Waals surface area (Å²) in [4.78, 5) is 0. The molecular formula is C44H80N2O11Si3. The van der Waals surface area contributed by atoms with Crippen molar-refractivity contribution in [3.05, 3.63) is 97.5 Å². The Morgan fingerprint density at radius 1 is 0.517 bits per heavy atom. The van der Waals surface area contributed by atoms with E-state index in [-0.39, 0.29) is 0 Å². The zero-order valence-corrected chi connectivity index (χ0v) is 41.6. The van der Waals surface area contributed by atoms with E-state index in [0.717, 1.165) is 69.3 Å². The van der Waals surface area contributed by atoms with Gasteiger partial charge in [-0.25, -0.2) is 0 Å². The minimum absolute atomic E-state index is 0.585. The number of allylic oxidation sites excluding steroid dienone is 4. The molecule has 4 rings (SSSR count). The van der Waals surface area contributed by atoms with Gasteiger partial charge in [0.1, 0.15) is 12.4 Å². The van der Waals surface area contributed by atoms with E-state index in [4.69, 9.17) is 49.0 Å². The van der Waals surface area contributed by atoms with Crippen LogP contribution in [0.3, 0.4) is 0 Å². The van der Waals surface area contributed by atoms with Crippen LogP contribution in [-0.4, -0.2) is 103 Å². The summed E-state index contributed by atoms with van der Waals surface area (Å²) in [6.07, 6.45) is 22.9. The number of rotatable bonds is 30. The molecule has 1 aliphatic carbocycles. The van der Waals surface area contributed by atoms with Gasteiger partial charge in [0.15, 0.2) is 0 Å². The Morgan fingerprint density at radius 3 is 1.27 bits per heavy atom. The highest BCUT2D eigenvalue weighted by Crippen LogP contribution is 2.24. The molecule has 3 heterocycles. The second kappa shape index (κ2) is 35.1. The van der Waals surface area contributed by atoms with Crippen LogP contribution in [0.2, 0.25) is 18.1 Å². The van der Waals surface area contributed by atoms with E-state index in [1.165, 1.54) is 0 Å². The fourth-order valence-corrected chi connectivity index (χ4v) is 13.3. The Bertz CT molecular complexity index is 1350. The summed E-state index contributed by atoms with van der Waals surface area (Å²) in [6, 6.07) is 14.5. The third kappa shape index (κ3) is 23.7. The number of ether oxygens (including phenoxy) is 1. The minimum atomic E-state index is -2.44. The summed E-state index contributed by atoms with van der Waals surface area (Å²) in [7, 11) is -2.28. The van der Waals surface area contributed by atoms with Crippen LogP contribution in [0.15, 0.2) is 96.2 Å². The third-order valence-corrected chi connectivity index (χ3v) is 18.3. The monoisotopic (exact) mass is 897 g/mol. The van der Waals surface area contributed by atoms with E-state index in [1.54, 1.807) is 27.6 Å². The first-order valence-electron chi connectivity index (χ1n) is 21.9. The van der Waals surface area contributed by atoms with E-state index < -0.39 is 26.4 Å².